The third-order valence-electron chi connectivity index (χ3n) is 1.73. The van der Waals surface area contributed by atoms with Gasteiger partial charge in [-0.15, -0.1) is 13.2 Å². The molecule has 0 fully saturated rings. The quantitative estimate of drug-likeness (QED) is 0.918. The van der Waals surface area contributed by atoms with Gasteiger partial charge in [0.2, 0.25) is 0 Å². The molecule has 0 aromatic heterocycles. The summed E-state index contributed by atoms with van der Waals surface area (Å²) in [5, 5.41) is 8.37. The predicted octanol–water partition coefficient (Wildman–Crippen LogP) is 3.38. The van der Waals surface area contributed by atoms with Gasteiger partial charge in [-0.05, 0) is 30.7 Å². The summed E-state index contributed by atoms with van der Waals surface area (Å²) in [7, 11) is 0. The third-order valence-corrected chi connectivity index (χ3v) is 1.73. The van der Waals surface area contributed by atoms with Crippen LogP contribution in [0.15, 0.2) is 18.2 Å². The summed E-state index contributed by atoms with van der Waals surface area (Å²) >= 11 is 0. The molecule has 1 aromatic carbocycles. The van der Waals surface area contributed by atoms with Crippen LogP contribution in [0.1, 0.15) is 19.4 Å². The standard InChI is InChI=1S/C10H9F3O4.C2H6/c1-6-4-7(17-10(11,12)13)2-3-8(6)16-5-9(14)15;1-2/h2-4H,5H2,1H3,(H,14,15);1-2H3. The second kappa shape index (κ2) is 7.50. The van der Waals surface area contributed by atoms with Gasteiger partial charge in [-0.25, -0.2) is 4.79 Å². The second-order valence-electron chi connectivity index (χ2n) is 3.16. The molecule has 0 aliphatic heterocycles. The second-order valence-corrected chi connectivity index (χ2v) is 3.16. The molecule has 0 bridgehead atoms. The molecule has 0 saturated carbocycles. The summed E-state index contributed by atoms with van der Waals surface area (Å²) in [5.41, 5.74) is 0.355. The highest BCUT2D eigenvalue weighted by atomic mass is 19.4. The minimum Gasteiger partial charge on any atom is -0.482 e. The lowest BCUT2D eigenvalue weighted by atomic mass is 10.2. The number of ether oxygens (including phenoxy) is 2. The van der Waals surface area contributed by atoms with E-state index in [1.807, 2.05) is 13.8 Å². The molecule has 0 aliphatic carbocycles. The molecule has 7 heteroatoms. The zero-order valence-electron chi connectivity index (χ0n) is 10.7. The number of halogens is 3. The van der Waals surface area contributed by atoms with Gasteiger partial charge in [-0.1, -0.05) is 13.8 Å². The van der Waals surface area contributed by atoms with Crippen LogP contribution in [0.3, 0.4) is 0 Å². The number of aryl methyl sites for hydroxylation is 1. The molecule has 0 saturated heterocycles. The first kappa shape index (κ1) is 17.1. The highest BCUT2D eigenvalue weighted by molar-refractivity contribution is 5.68. The lowest BCUT2D eigenvalue weighted by molar-refractivity contribution is -0.274. The summed E-state index contributed by atoms with van der Waals surface area (Å²) in [4.78, 5) is 10.2. The van der Waals surface area contributed by atoms with Crippen LogP contribution >= 0.6 is 0 Å². The van der Waals surface area contributed by atoms with Crippen LogP contribution in [0, 0.1) is 6.92 Å². The van der Waals surface area contributed by atoms with Gasteiger partial charge in [0.15, 0.2) is 6.61 Å². The molecule has 0 unspecified atom stereocenters. The Balaban J connectivity index is 0.00000154. The van der Waals surface area contributed by atoms with Crippen LogP contribution < -0.4 is 9.47 Å². The van der Waals surface area contributed by atoms with Crippen molar-refractivity contribution in [3.8, 4) is 11.5 Å². The van der Waals surface area contributed by atoms with E-state index >= 15 is 0 Å². The molecule has 0 amide bonds. The first-order chi connectivity index (χ1) is 8.78. The van der Waals surface area contributed by atoms with Crippen LogP contribution in [0.4, 0.5) is 13.2 Å². The number of rotatable bonds is 4. The third kappa shape index (κ3) is 7.17. The van der Waals surface area contributed by atoms with Gasteiger partial charge in [-0.2, -0.15) is 0 Å². The van der Waals surface area contributed by atoms with E-state index < -0.39 is 18.9 Å². The molecule has 0 radical (unpaired) electrons. The minimum atomic E-state index is -4.75. The predicted molar refractivity (Wildman–Crippen MR) is 62.3 cm³/mol. The van der Waals surface area contributed by atoms with Crippen molar-refractivity contribution in [3.63, 3.8) is 0 Å². The Morgan fingerprint density at radius 1 is 1.32 bits per heavy atom. The Bertz CT molecular complexity index is 416. The zero-order chi connectivity index (χ0) is 15.1. The van der Waals surface area contributed by atoms with E-state index in [9.17, 15) is 18.0 Å². The minimum absolute atomic E-state index is 0.196. The van der Waals surface area contributed by atoms with Gasteiger partial charge in [0.05, 0.1) is 0 Å². The zero-order valence-corrected chi connectivity index (χ0v) is 10.7. The van der Waals surface area contributed by atoms with Crippen LogP contribution in [-0.2, 0) is 4.79 Å². The molecule has 0 atom stereocenters. The summed E-state index contributed by atoms with van der Waals surface area (Å²) in [6, 6.07) is 3.39. The molecule has 1 rings (SSSR count). The van der Waals surface area contributed by atoms with E-state index in [1.54, 1.807) is 0 Å². The summed E-state index contributed by atoms with van der Waals surface area (Å²) in [6.45, 7) is 4.93. The maximum Gasteiger partial charge on any atom is 0.573 e. The number of hydrogen-bond acceptors (Lipinski definition) is 3. The van der Waals surface area contributed by atoms with Crippen molar-refractivity contribution in [1.29, 1.82) is 0 Å². The SMILES string of the molecule is CC.Cc1cc(OC(F)(F)F)ccc1OCC(=O)O. The Labute approximate surface area is 108 Å². The van der Waals surface area contributed by atoms with E-state index in [4.69, 9.17) is 9.84 Å². The average molecular weight is 280 g/mol. The molecule has 0 heterocycles. The lowest BCUT2D eigenvalue weighted by Crippen LogP contribution is -2.17. The molecule has 1 N–H and O–H groups in total. The molecule has 19 heavy (non-hydrogen) atoms. The number of hydrogen-bond donors (Lipinski definition) is 1. The fourth-order valence-corrected chi connectivity index (χ4v) is 1.12. The Hall–Kier alpha value is -1.92. The Morgan fingerprint density at radius 2 is 1.89 bits per heavy atom. The number of aliphatic carboxylic acids is 1. The Morgan fingerprint density at radius 3 is 2.32 bits per heavy atom. The number of benzene rings is 1. The molecule has 0 aliphatic rings. The molecular weight excluding hydrogens is 265 g/mol. The van der Waals surface area contributed by atoms with Crippen molar-refractivity contribution < 1.29 is 32.5 Å². The van der Waals surface area contributed by atoms with E-state index in [0.29, 0.717) is 5.56 Å². The van der Waals surface area contributed by atoms with Crippen molar-refractivity contribution >= 4 is 5.97 Å². The fraction of sp³-hybridized carbons (Fsp3) is 0.417. The van der Waals surface area contributed by atoms with Gasteiger partial charge in [0, 0.05) is 0 Å². The van der Waals surface area contributed by atoms with Crippen molar-refractivity contribution in [2.75, 3.05) is 6.61 Å². The largest absolute Gasteiger partial charge is 0.573 e. The smallest absolute Gasteiger partial charge is 0.482 e. The average Bonchev–Trinajstić information content (AvgIpc) is 2.28. The maximum absolute atomic E-state index is 11.9. The first-order valence-electron chi connectivity index (χ1n) is 5.49. The van der Waals surface area contributed by atoms with Crippen LogP contribution in [0.2, 0.25) is 0 Å². The topological polar surface area (TPSA) is 55.8 Å². The van der Waals surface area contributed by atoms with Crippen molar-refractivity contribution in [2.24, 2.45) is 0 Å². The van der Waals surface area contributed by atoms with Crippen molar-refractivity contribution in [2.45, 2.75) is 27.1 Å². The molecule has 0 spiro atoms. The lowest BCUT2D eigenvalue weighted by Gasteiger charge is -2.11. The molecule has 4 nitrogen and oxygen atoms in total. The monoisotopic (exact) mass is 280 g/mol. The van der Waals surface area contributed by atoms with Gasteiger partial charge in [0.1, 0.15) is 11.5 Å². The van der Waals surface area contributed by atoms with Gasteiger partial charge in [-0.3, -0.25) is 0 Å². The van der Waals surface area contributed by atoms with Crippen molar-refractivity contribution in [3.05, 3.63) is 23.8 Å². The fourth-order valence-electron chi connectivity index (χ4n) is 1.12. The van der Waals surface area contributed by atoms with E-state index in [1.165, 1.54) is 13.0 Å². The van der Waals surface area contributed by atoms with Gasteiger partial charge >= 0.3 is 12.3 Å². The number of carboxylic acids is 1. The number of alkyl halides is 3. The summed E-state index contributed by atoms with van der Waals surface area (Å²) in [6.07, 6.45) is -4.75. The van der Waals surface area contributed by atoms with Crippen LogP contribution in [0.5, 0.6) is 11.5 Å². The Kier molecular flexibility index (Phi) is 6.74. The van der Waals surface area contributed by atoms with Crippen molar-refractivity contribution in [1.82, 2.24) is 0 Å². The highest BCUT2D eigenvalue weighted by Crippen LogP contribution is 2.27. The number of carboxylic acid groups (broad SMARTS) is 1. The first-order valence-corrected chi connectivity index (χ1v) is 5.49. The normalized spacial score (nSPS) is 10.2. The molecular formula is C12H15F3O4. The van der Waals surface area contributed by atoms with Crippen LogP contribution in [0.25, 0.3) is 0 Å². The van der Waals surface area contributed by atoms with Gasteiger partial charge in [0.25, 0.3) is 0 Å². The highest BCUT2D eigenvalue weighted by Gasteiger charge is 2.31. The van der Waals surface area contributed by atoms with E-state index in [-0.39, 0.29) is 11.5 Å². The molecule has 108 valence electrons. The maximum atomic E-state index is 11.9. The molecule has 1 aromatic rings. The summed E-state index contributed by atoms with van der Waals surface area (Å²) < 4.78 is 44.2. The summed E-state index contributed by atoms with van der Waals surface area (Å²) in [5.74, 6) is -1.35. The van der Waals surface area contributed by atoms with E-state index in [2.05, 4.69) is 4.74 Å². The van der Waals surface area contributed by atoms with E-state index in [0.717, 1.165) is 12.1 Å². The van der Waals surface area contributed by atoms with Gasteiger partial charge < -0.3 is 14.6 Å². The number of carbonyl (C=O) groups is 1. The van der Waals surface area contributed by atoms with Crippen LogP contribution in [-0.4, -0.2) is 24.0 Å².